The van der Waals surface area contributed by atoms with Gasteiger partial charge in [0.1, 0.15) is 11.4 Å². The van der Waals surface area contributed by atoms with Crippen LogP contribution in [0.4, 0.5) is 22.7 Å². The van der Waals surface area contributed by atoms with E-state index >= 15 is 0 Å². The van der Waals surface area contributed by atoms with Gasteiger partial charge in [0.15, 0.2) is 10.6 Å². The normalized spacial score (nSPS) is 15.4. The Morgan fingerprint density at radius 2 is 1.27 bits per heavy atom. The molecule has 0 spiro atoms. The molecule has 30 heavy (non-hydrogen) atoms. The largest absolute Gasteiger partial charge is 0.737 e. The summed E-state index contributed by atoms with van der Waals surface area (Å²) in [6, 6.07) is 10.4. The van der Waals surface area contributed by atoms with Gasteiger partial charge in [-0.1, -0.05) is 36.4 Å². The van der Waals surface area contributed by atoms with Gasteiger partial charge < -0.3 is 10.4 Å². The van der Waals surface area contributed by atoms with E-state index in [0.717, 1.165) is 12.1 Å². The molecular weight excluding hydrogens is 396 g/mol. The molecule has 2 aromatic carbocycles. The van der Waals surface area contributed by atoms with E-state index in [1.807, 2.05) is 0 Å². The number of benzene rings is 2. The molecule has 0 aromatic heterocycles. The third-order valence-corrected chi connectivity index (χ3v) is 3.85. The van der Waals surface area contributed by atoms with Crippen molar-refractivity contribution in [3.05, 3.63) is 103 Å². The van der Waals surface area contributed by atoms with Gasteiger partial charge in [0.2, 0.25) is 0 Å². The Balaban J connectivity index is 1.97. The molecule has 12 nitrogen and oxygen atoms in total. The number of nitrogens with zero attached hydrogens (tertiary/aromatic N) is 6. The highest BCUT2D eigenvalue weighted by Gasteiger charge is 2.28. The number of nitro groups is 2. The molecule has 0 N–H and O–H groups in total. The van der Waals surface area contributed by atoms with E-state index in [9.17, 15) is 30.3 Å². The van der Waals surface area contributed by atoms with Crippen LogP contribution in [0.1, 0.15) is 0 Å². The highest BCUT2D eigenvalue weighted by atomic mass is 16.6. The zero-order valence-corrected chi connectivity index (χ0v) is 15.1. The summed E-state index contributed by atoms with van der Waals surface area (Å²) in [5.41, 5.74) is -1.65. The predicted molar refractivity (Wildman–Crippen MR) is 108 cm³/mol. The first kappa shape index (κ1) is 20.2. The van der Waals surface area contributed by atoms with E-state index in [0.29, 0.717) is 0 Å². The Bertz CT molecular complexity index is 1150. The number of allylic oxidation sites excluding steroid dienone is 4. The highest BCUT2D eigenvalue weighted by molar-refractivity contribution is 6.51. The number of nitroso groups, excluding NO2 is 1. The van der Waals surface area contributed by atoms with Gasteiger partial charge in [-0.15, -0.1) is 0 Å². The molecule has 0 radical (unpaired) electrons. The maximum absolute atomic E-state index is 12.4. The van der Waals surface area contributed by atoms with Gasteiger partial charge in [0.25, 0.3) is 5.69 Å². The zero-order valence-electron chi connectivity index (χ0n) is 15.1. The molecule has 1 aliphatic carbocycles. The molecule has 1 aliphatic rings. The molecule has 0 fully saturated rings. The lowest BCUT2D eigenvalue weighted by molar-refractivity contribution is -0.480. The van der Waals surface area contributed by atoms with Gasteiger partial charge in [-0.3, -0.25) is 20.2 Å². The topological polar surface area (TPSA) is 157 Å². The van der Waals surface area contributed by atoms with Crippen molar-refractivity contribution < 1.29 is 14.7 Å². The maximum Gasteiger partial charge on any atom is 0.371 e. The van der Waals surface area contributed by atoms with Gasteiger partial charge in [-0.05, 0) is 18.2 Å². The Kier molecular flexibility index (Phi) is 5.79. The van der Waals surface area contributed by atoms with Gasteiger partial charge in [0, 0.05) is 18.2 Å². The summed E-state index contributed by atoms with van der Waals surface area (Å²) in [5.74, 6) is 0. The minimum Gasteiger partial charge on any atom is -0.737 e. The van der Waals surface area contributed by atoms with Crippen molar-refractivity contribution in [2.45, 2.75) is 0 Å². The summed E-state index contributed by atoms with van der Waals surface area (Å²) in [7, 11) is 0. The molecule has 2 aromatic rings. The second-order valence-electron chi connectivity index (χ2n) is 5.73. The second-order valence-corrected chi connectivity index (χ2v) is 5.73. The predicted octanol–water partition coefficient (Wildman–Crippen LogP) is 3.76. The van der Waals surface area contributed by atoms with Gasteiger partial charge in [-0.25, -0.2) is 0 Å². The van der Waals surface area contributed by atoms with Gasteiger partial charge in [0.05, 0.1) is 19.9 Å². The van der Waals surface area contributed by atoms with Crippen molar-refractivity contribution in [1.29, 1.82) is 0 Å². The maximum atomic E-state index is 12.4. The monoisotopic (exact) mass is 408 g/mol. The SMILES string of the molecule is O=[N+]([O-])c1ccccc1N([O-])N=C1C=CC=CC1=N[N+](=O)c1ccccc1[N+](=O)[O-]. The molecule has 0 bridgehead atoms. The lowest BCUT2D eigenvalue weighted by atomic mass is 10.1. The average molecular weight is 408 g/mol. The molecule has 0 unspecified atom stereocenters. The van der Waals surface area contributed by atoms with E-state index in [1.54, 1.807) is 0 Å². The van der Waals surface area contributed by atoms with Crippen LogP contribution < -0.4 is 5.17 Å². The van der Waals surface area contributed by atoms with Gasteiger partial charge in [-0.2, -0.15) is 5.10 Å². The van der Waals surface area contributed by atoms with E-state index in [1.165, 1.54) is 60.7 Å². The Morgan fingerprint density at radius 1 is 0.733 bits per heavy atom. The fourth-order valence-electron chi connectivity index (χ4n) is 2.50. The van der Waals surface area contributed by atoms with Crippen LogP contribution in [0.5, 0.6) is 0 Å². The van der Waals surface area contributed by atoms with Crippen molar-refractivity contribution in [2.75, 3.05) is 5.17 Å². The van der Waals surface area contributed by atoms with Crippen LogP contribution in [0.3, 0.4) is 0 Å². The van der Waals surface area contributed by atoms with Crippen LogP contribution in [0, 0.1) is 30.3 Å². The summed E-state index contributed by atoms with van der Waals surface area (Å²) in [6.07, 6.45) is 5.77. The third-order valence-electron chi connectivity index (χ3n) is 3.85. The Hall–Kier alpha value is -4.58. The first-order valence-corrected chi connectivity index (χ1v) is 8.32. The molecule has 3 rings (SSSR count). The molecule has 150 valence electrons. The zero-order chi connectivity index (χ0) is 21.7. The standard InChI is InChI=1S/C18H12N6O6/c25-21(15-9-3-5-11-17(15)23(27)28)19-13-7-1-2-8-14(13)20-22(26)16-10-4-6-12-18(16)24(29)30/h1-12H. The number of nitro benzene ring substituents is 2. The summed E-state index contributed by atoms with van der Waals surface area (Å²) >= 11 is 0. The van der Waals surface area contributed by atoms with Crippen LogP contribution in [-0.4, -0.2) is 26.1 Å². The van der Waals surface area contributed by atoms with Crippen LogP contribution in [0.2, 0.25) is 0 Å². The average Bonchev–Trinajstić information content (AvgIpc) is 2.75. The van der Waals surface area contributed by atoms with E-state index in [-0.39, 0.29) is 32.8 Å². The van der Waals surface area contributed by atoms with Crippen molar-refractivity contribution in [1.82, 2.24) is 0 Å². The van der Waals surface area contributed by atoms with Crippen molar-refractivity contribution >= 4 is 34.2 Å². The molecule has 0 heterocycles. The first-order chi connectivity index (χ1) is 14.4. The second kappa shape index (κ2) is 8.62. The van der Waals surface area contributed by atoms with Crippen LogP contribution in [0.15, 0.2) is 83.0 Å². The molecule has 0 saturated heterocycles. The summed E-state index contributed by atoms with van der Waals surface area (Å²) in [6.45, 7) is 0. The van der Waals surface area contributed by atoms with E-state index in [2.05, 4.69) is 10.2 Å². The number of rotatable bonds is 6. The molecule has 0 amide bonds. The van der Waals surface area contributed by atoms with E-state index in [4.69, 9.17) is 0 Å². The highest BCUT2D eigenvalue weighted by Crippen LogP contribution is 2.28. The Labute approximate surface area is 168 Å². The molecule has 0 aliphatic heterocycles. The number of para-hydroxylation sites is 4. The minimum atomic E-state index is -0.722. The summed E-state index contributed by atoms with van der Waals surface area (Å²) in [4.78, 5) is 33.2. The van der Waals surface area contributed by atoms with Crippen LogP contribution in [0.25, 0.3) is 0 Å². The third kappa shape index (κ3) is 4.28. The van der Waals surface area contributed by atoms with Crippen LogP contribution in [-0.2, 0) is 0 Å². The molecule has 12 heteroatoms. The lowest BCUT2D eigenvalue weighted by Crippen LogP contribution is -2.19. The lowest BCUT2D eigenvalue weighted by Gasteiger charge is -2.24. The fraction of sp³-hybridized carbons (Fsp3) is 0. The van der Waals surface area contributed by atoms with Crippen LogP contribution >= 0.6 is 0 Å². The van der Waals surface area contributed by atoms with Crippen molar-refractivity contribution in [3.63, 3.8) is 0 Å². The number of anilines is 1. The number of hydrogen-bond acceptors (Lipinski definition) is 8. The minimum absolute atomic E-state index is 0.0482. The quantitative estimate of drug-likeness (QED) is 0.305. The van der Waals surface area contributed by atoms with Gasteiger partial charge >= 0.3 is 11.4 Å². The Morgan fingerprint density at radius 3 is 1.90 bits per heavy atom. The molecule has 0 atom stereocenters. The van der Waals surface area contributed by atoms with Crippen molar-refractivity contribution in [2.24, 2.45) is 10.2 Å². The number of hydrazone groups is 2. The van der Waals surface area contributed by atoms with E-state index < -0.39 is 21.2 Å². The summed E-state index contributed by atoms with van der Waals surface area (Å²) < 4.78 is 0. The first-order valence-electron chi connectivity index (χ1n) is 8.32. The van der Waals surface area contributed by atoms with Crippen molar-refractivity contribution in [3.8, 4) is 0 Å². The molecular formula is C18H12N6O6. The fourth-order valence-corrected chi connectivity index (χ4v) is 2.50. The smallest absolute Gasteiger partial charge is 0.371 e. The number of hydrogen-bond donors (Lipinski definition) is 0. The summed E-state index contributed by atoms with van der Waals surface area (Å²) in [5, 5.41) is 42.2. The molecule has 0 saturated carbocycles.